The molecule has 5 nitrogen and oxygen atoms in total. The number of amidine groups is 1. The van der Waals surface area contributed by atoms with Crippen molar-refractivity contribution < 1.29 is 9.47 Å². The molecule has 2 aromatic carbocycles. The fourth-order valence-electron chi connectivity index (χ4n) is 3.14. The van der Waals surface area contributed by atoms with E-state index in [1.54, 1.807) is 19.4 Å². The number of benzene rings is 2. The maximum atomic E-state index is 6.04. The van der Waals surface area contributed by atoms with Gasteiger partial charge < -0.3 is 20.1 Å². The Kier molecular flexibility index (Phi) is 6.94. The largest absolute Gasteiger partial charge is 0.496 e. The van der Waals surface area contributed by atoms with Gasteiger partial charge in [0, 0.05) is 46.9 Å². The zero-order chi connectivity index (χ0) is 20.6. The molecule has 0 spiro atoms. The van der Waals surface area contributed by atoms with Crippen LogP contribution in [0.1, 0.15) is 25.3 Å². The molecule has 1 aliphatic rings. The summed E-state index contributed by atoms with van der Waals surface area (Å²) in [5, 5.41) is 8.27. The molecule has 1 saturated heterocycles. The SMILES string of the molecule is C#Cc1cc(OC)c(=C)/c(=C\N=C(CC)Nc2cccc(O[C@@H]3CCNC3)c2)c1. The second-order valence-electron chi connectivity index (χ2n) is 6.83. The lowest BCUT2D eigenvalue weighted by Crippen LogP contribution is -2.25. The number of methoxy groups -OCH3 is 1. The van der Waals surface area contributed by atoms with E-state index in [4.69, 9.17) is 15.9 Å². The van der Waals surface area contributed by atoms with Gasteiger partial charge in [0.15, 0.2) is 0 Å². The molecule has 3 rings (SSSR count). The normalized spacial score (nSPS) is 17.1. The molecule has 0 amide bonds. The minimum atomic E-state index is 0.229. The molecule has 150 valence electrons. The Hall–Kier alpha value is -3.23. The van der Waals surface area contributed by atoms with Gasteiger partial charge in [-0.05, 0) is 37.2 Å². The van der Waals surface area contributed by atoms with Gasteiger partial charge in [-0.2, -0.15) is 0 Å². The van der Waals surface area contributed by atoms with Crippen molar-refractivity contribution in [1.82, 2.24) is 5.32 Å². The molecule has 1 fully saturated rings. The number of aliphatic imine (C=N–C) groups is 1. The molecule has 2 N–H and O–H groups in total. The van der Waals surface area contributed by atoms with Crippen LogP contribution in [0.15, 0.2) is 41.4 Å². The van der Waals surface area contributed by atoms with Gasteiger partial charge in [-0.15, -0.1) is 6.42 Å². The zero-order valence-corrected chi connectivity index (χ0v) is 17.0. The second-order valence-corrected chi connectivity index (χ2v) is 6.83. The van der Waals surface area contributed by atoms with Gasteiger partial charge in [0.2, 0.25) is 0 Å². The third kappa shape index (κ3) is 5.40. The van der Waals surface area contributed by atoms with Crippen LogP contribution in [0.2, 0.25) is 0 Å². The number of ether oxygens (including phenoxy) is 2. The summed E-state index contributed by atoms with van der Waals surface area (Å²) < 4.78 is 11.4. The third-order valence-corrected chi connectivity index (χ3v) is 4.76. The quantitative estimate of drug-likeness (QED) is 0.453. The van der Waals surface area contributed by atoms with E-state index in [-0.39, 0.29) is 6.10 Å². The minimum Gasteiger partial charge on any atom is -0.496 e. The fraction of sp³-hybridized carbons (Fsp3) is 0.292. The molecule has 0 aliphatic carbocycles. The predicted octanol–water partition coefficient (Wildman–Crippen LogP) is 2.49. The summed E-state index contributed by atoms with van der Waals surface area (Å²) in [5.74, 6) is 4.97. The molecule has 5 heteroatoms. The van der Waals surface area contributed by atoms with Gasteiger partial charge in [-0.3, -0.25) is 0 Å². The smallest absolute Gasteiger partial charge is 0.127 e. The molecule has 29 heavy (non-hydrogen) atoms. The van der Waals surface area contributed by atoms with Crippen LogP contribution in [0.25, 0.3) is 12.8 Å². The summed E-state index contributed by atoms with van der Waals surface area (Å²) in [6.07, 6.45) is 9.31. The van der Waals surface area contributed by atoms with E-state index < -0.39 is 0 Å². The highest BCUT2D eigenvalue weighted by Crippen LogP contribution is 2.20. The Labute approximate surface area is 172 Å². The van der Waals surface area contributed by atoms with Crippen molar-refractivity contribution in [1.29, 1.82) is 0 Å². The summed E-state index contributed by atoms with van der Waals surface area (Å²) in [6, 6.07) is 11.6. The molecule has 0 saturated carbocycles. The first-order valence-electron chi connectivity index (χ1n) is 9.78. The van der Waals surface area contributed by atoms with Crippen LogP contribution in [-0.2, 0) is 0 Å². The summed E-state index contributed by atoms with van der Waals surface area (Å²) >= 11 is 0. The van der Waals surface area contributed by atoms with Crippen molar-refractivity contribution in [3.63, 3.8) is 0 Å². The van der Waals surface area contributed by atoms with Crippen LogP contribution >= 0.6 is 0 Å². The van der Waals surface area contributed by atoms with Crippen molar-refractivity contribution in [3.8, 4) is 23.8 Å². The van der Waals surface area contributed by atoms with Gasteiger partial charge in [0.05, 0.1) is 7.11 Å². The van der Waals surface area contributed by atoms with E-state index in [0.29, 0.717) is 5.75 Å². The standard InChI is InChI=1S/C24H27N3O2/c1-5-18-12-19(17(3)23(13-18)28-4)15-26-24(6-2)27-20-8-7-9-21(14-20)29-22-10-11-25-16-22/h1,7-9,12-15,22,25H,3,6,10-11,16H2,2,4H3,(H,26,27)/b19-15-/t22-/m1/s1. The summed E-state index contributed by atoms with van der Waals surface area (Å²) in [4.78, 5) is 4.62. The Bertz CT molecular complexity index is 1030. The van der Waals surface area contributed by atoms with Crippen LogP contribution in [0.3, 0.4) is 0 Å². The average molecular weight is 389 g/mol. The molecule has 1 heterocycles. The molecule has 0 bridgehead atoms. The van der Waals surface area contributed by atoms with E-state index in [1.165, 1.54) is 0 Å². The second kappa shape index (κ2) is 9.81. The van der Waals surface area contributed by atoms with E-state index in [0.717, 1.165) is 59.2 Å². The van der Waals surface area contributed by atoms with Crippen molar-refractivity contribution in [2.75, 3.05) is 25.5 Å². The van der Waals surface area contributed by atoms with Crippen LogP contribution in [0.5, 0.6) is 11.5 Å². The maximum absolute atomic E-state index is 6.04. The van der Waals surface area contributed by atoms with Gasteiger partial charge in [0.25, 0.3) is 0 Å². The first kappa shape index (κ1) is 20.5. The maximum Gasteiger partial charge on any atom is 0.127 e. The predicted molar refractivity (Wildman–Crippen MR) is 120 cm³/mol. The molecular weight excluding hydrogens is 362 g/mol. The van der Waals surface area contributed by atoms with E-state index in [2.05, 4.69) is 28.1 Å². The van der Waals surface area contributed by atoms with Crippen LogP contribution in [0, 0.1) is 12.3 Å². The van der Waals surface area contributed by atoms with Crippen molar-refractivity contribution >= 4 is 24.3 Å². The van der Waals surface area contributed by atoms with Crippen molar-refractivity contribution in [2.24, 2.45) is 4.99 Å². The van der Waals surface area contributed by atoms with E-state index >= 15 is 0 Å². The number of terminal acetylenes is 1. The molecule has 2 aromatic rings. The van der Waals surface area contributed by atoms with Gasteiger partial charge in [0.1, 0.15) is 23.4 Å². The number of anilines is 1. The first-order valence-corrected chi connectivity index (χ1v) is 9.78. The lowest BCUT2D eigenvalue weighted by Gasteiger charge is -2.14. The number of nitrogens with zero attached hydrogens (tertiary/aromatic N) is 1. The average Bonchev–Trinajstić information content (AvgIpc) is 3.25. The van der Waals surface area contributed by atoms with Crippen molar-refractivity contribution in [2.45, 2.75) is 25.9 Å². The topological polar surface area (TPSA) is 54.9 Å². The van der Waals surface area contributed by atoms with E-state index in [1.807, 2.05) is 37.3 Å². The Morgan fingerprint density at radius 1 is 1.41 bits per heavy atom. The monoisotopic (exact) mass is 389 g/mol. The first-order chi connectivity index (χ1) is 14.1. The molecule has 0 aromatic heterocycles. The van der Waals surface area contributed by atoms with E-state index in [9.17, 15) is 0 Å². The highest BCUT2D eigenvalue weighted by atomic mass is 16.5. The van der Waals surface area contributed by atoms with Gasteiger partial charge in [-0.25, -0.2) is 4.99 Å². The highest BCUT2D eigenvalue weighted by molar-refractivity contribution is 5.96. The van der Waals surface area contributed by atoms with Gasteiger partial charge in [-0.1, -0.05) is 25.5 Å². The molecule has 0 radical (unpaired) electrons. The minimum absolute atomic E-state index is 0.229. The number of nitrogens with one attached hydrogen (secondary N) is 2. The molecule has 1 atom stereocenters. The zero-order valence-electron chi connectivity index (χ0n) is 17.0. The summed E-state index contributed by atoms with van der Waals surface area (Å²) in [5.41, 5.74) is 1.67. The number of hydrogen-bond donors (Lipinski definition) is 2. The Morgan fingerprint density at radius 2 is 2.28 bits per heavy atom. The number of hydrogen-bond acceptors (Lipinski definition) is 4. The highest BCUT2D eigenvalue weighted by Gasteiger charge is 2.15. The third-order valence-electron chi connectivity index (χ3n) is 4.76. The lowest BCUT2D eigenvalue weighted by atomic mass is 10.1. The Morgan fingerprint density at radius 3 is 2.97 bits per heavy atom. The lowest BCUT2D eigenvalue weighted by molar-refractivity contribution is 0.223. The molecular formula is C24H27N3O2. The van der Waals surface area contributed by atoms with Crippen LogP contribution in [-0.4, -0.2) is 32.1 Å². The number of rotatable bonds is 6. The summed E-state index contributed by atoms with van der Waals surface area (Å²) in [7, 11) is 1.60. The fourth-order valence-corrected chi connectivity index (χ4v) is 3.14. The molecule has 0 unspecified atom stereocenters. The van der Waals surface area contributed by atoms with Gasteiger partial charge >= 0.3 is 0 Å². The van der Waals surface area contributed by atoms with Crippen LogP contribution < -0.4 is 30.5 Å². The Balaban J connectivity index is 1.82. The molecule has 1 aliphatic heterocycles. The summed E-state index contributed by atoms with van der Waals surface area (Å²) in [6.45, 7) is 8.02. The van der Waals surface area contributed by atoms with Crippen molar-refractivity contribution in [3.05, 3.63) is 52.4 Å². The van der Waals surface area contributed by atoms with Crippen LogP contribution in [0.4, 0.5) is 5.69 Å².